The summed E-state index contributed by atoms with van der Waals surface area (Å²) in [5.41, 5.74) is -0.100. The minimum absolute atomic E-state index is 0.100. The van der Waals surface area contributed by atoms with E-state index in [0.29, 0.717) is 16.5 Å². The Labute approximate surface area is 112 Å². The van der Waals surface area contributed by atoms with Crippen molar-refractivity contribution < 1.29 is 9.66 Å². The van der Waals surface area contributed by atoms with Crippen LogP contribution in [0.1, 0.15) is 0 Å². The van der Waals surface area contributed by atoms with Crippen LogP contribution in [-0.2, 0) is 0 Å². The molecule has 0 radical (unpaired) electrons. The van der Waals surface area contributed by atoms with Crippen LogP contribution in [0.15, 0.2) is 36.7 Å². The molecule has 7 heteroatoms. The predicted molar refractivity (Wildman–Crippen MR) is 67.4 cm³/mol. The highest BCUT2D eigenvalue weighted by Crippen LogP contribution is 2.32. The van der Waals surface area contributed by atoms with Gasteiger partial charge in [0.1, 0.15) is 11.5 Å². The first kappa shape index (κ1) is 12.6. The zero-order chi connectivity index (χ0) is 13.1. The normalized spacial score (nSPS) is 10.1. The second-order valence-electron chi connectivity index (χ2n) is 3.31. The minimum Gasteiger partial charge on any atom is -0.454 e. The molecule has 18 heavy (non-hydrogen) atoms. The maximum Gasteiger partial charge on any atom is 0.271 e. The number of hydrogen-bond donors (Lipinski definition) is 0. The lowest BCUT2D eigenvalue weighted by molar-refractivity contribution is -0.384. The smallest absolute Gasteiger partial charge is 0.271 e. The summed E-state index contributed by atoms with van der Waals surface area (Å²) >= 11 is 11.6. The van der Waals surface area contributed by atoms with Crippen LogP contribution in [0.4, 0.5) is 5.69 Å². The van der Waals surface area contributed by atoms with E-state index in [1.165, 1.54) is 30.6 Å². The highest BCUT2D eigenvalue weighted by Gasteiger charge is 2.11. The first-order valence-electron chi connectivity index (χ1n) is 4.78. The van der Waals surface area contributed by atoms with Gasteiger partial charge in [-0.05, 0) is 6.07 Å². The second kappa shape index (κ2) is 5.20. The number of hydrogen-bond acceptors (Lipinski definition) is 4. The van der Waals surface area contributed by atoms with Crippen molar-refractivity contribution in [3.05, 3.63) is 56.8 Å². The molecular formula is C11H6Cl2N2O3. The van der Waals surface area contributed by atoms with E-state index < -0.39 is 4.92 Å². The van der Waals surface area contributed by atoms with Crippen LogP contribution >= 0.6 is 23.2 Å². The summed E-state index contributed by atoms with van der Waals surface area (Å²) in [4.78, 5) is 13.9. The van der Waals surface area contributed by atoms with Gasteiger partial charge in [-0.25, -0.2) is 0 Å². The minimum atomic E-state index is -0.531. The van der Waals surface area contributed by atoms with Crippen LogP contribution in [0, 0.1) is 10.1 Å². The predicted octanol–water partition coefficient (Wildman–Crippen LogP) is 4.09. The quantitative estimate of drug-likeness (QED) is 0.629. The van der Waals surface area contributed by atoms with Crippen molar-refractivity contribution in [1.82, 2.24) is 4.98 Å². The van der Waals surface area contributed by atoms with Gasteiger partial charge in [-0.1, -0.05) is 23.2 Å². The Morgan fingerprint density at radius 2 is 2.00 bits per heavy atom. The van der Waals surface area contributed by atoms with Gasteiger partial charge in [0.15, 0.2) is 0 Å². The number of pyridine rings is 1. The van der Waals surface area contributed by atoms with Gasteiger partial charge in [0.05, 0.1) is 21.2 Å². The highest BCUT2D eigenvalue weighted by molar-refractivity contribution is 6.32. The Kier molecular flexibility index (Phi) is 3.64. The summed E-state index contributed by atoms with van der Waals surface area (Å²) in [6.45, 7) is 0. The number of aromatic nitrogens is 1. The highest BCUT2D eigenvalue weighted by atomic mass is 35.5. The average molecular weight is 285 g/mol. The lowest BCUT2D eigenvalue weighted by Crippen LogP contribution is -1.90. The zero-order valence-electron chi connectivity index (χ0n) is 8.84. The molecule has 0 amide bonds. The first-order chi connectivity index (χ1) is 8.56. The Morgan fingerprint density at radius 1 is 1.22 bits per heavy atom. The lowest BCUT2D eigenvalue weighted by atomic mass is 10.3. The van der Waals surface area contributed by atoms with E-state index in [9.17, 15) is 10.1 Å². The number of non-ortho nitro benzene ring substituents is 1. The molecule has 0 saturated carbocycles. The van der Waals surface area contributed by atoms with E-state index in [0.717, 1.165) is 0 Å². The van der Waals surface area contributed by atoms with Crippen molar-refractivity contribution in [3.63, 3.8) is 0 Å². The number of nitro groups is 1. The Bertz CT molecular complexity index is 605. The molecule has 0 aliphatic carbocycles. The van der Waals surface area contributed by atoms with Gasteiger partial charge in [0.2, 0.25) is 0 Å². The molecule has 1 aromatic carbocycles. The SMILES string of the molecule is O=[N+]([O-])c1ccc(Oc2cncc(Cl)c2)c(Cl)c1. The van der Waals surface area contributed by atoms with E-state index in [1.807, 2.05) is 0 Å². The molecule has 0 unspecified atom stereocenters. The molecule has 0 N–H and O–H groups in total. The molecule has 92 valence electrons. The average Bonchev–Trinajstić information content (AvgIpc) is 2.31. The number of nitrogens with zero attached hydrogens (tertiary/aromatic N) is 2. The molecule has 0 saturated heterocycles. The molecule has 0 bridgehead atoms. The van der Waals surface area contributed by atoms with Crippen LogP contribution in [0.3, 0.4) is 0 Å². The molecule has 0 aliphatic rings. The Balaban J connectivity index is 2.27. The third kappa shape index (κ3) is 2.88. The number of nitro benzene ring substituents is 1. The van der Waals surface area contributed by atoms with Crippen molar-refractivity contribution in [3.8, 4) is 11.5 Å². The molecule has 0 aliphatic heterocycles. The second-order valence-corrected chi connectivity index (χ2v) is 4.16. The van der Waals surface area contributed by atoms with Gasteiger partial charge >= 0.3 is 0 Å². The summed E-state index contributed by atoms with van der Waals surface area (Å²) in [6, 6.07) is 5.50. The van der Waals surface area contributed by atoms with Crippen LogP contribution in [0.25, 0.3) is 0 Å². The van der Waals surface area contributed by atoms with Crippen molar-refractivity contribution >= 4 is 28.9 Å². The maximum absolute atomic E-state index is 10.5. The van der Waals surface area contributed by atoms with Crippen molar-refractivity contribution in [2.24, 2.45) is 0 Å². The van der Waals surface area contributed by atoms with Crippen LogP contribution < -0.4 is 4.74 Å². The first-order valence-corrected chi connectivity index (χ1v) is 5.54. The molecule has 2 aromatic rings. The van der Waals surface area contributed by atoms with Crippen LogP contribution in [0.5, 0.6) is 11.5 Å². The molecule has 5 nitrogen and oxygen atoms in total. The van der Waals surface area contributed by atoms with Crippen LogP contribution in [0.2, 0.25) is 10.0 Å². The molecule has 2 rings (SSSR count). The topological polar surface area (TPSA) is 65.3 Å². The summed E-state index contributed by atoms with van der Waals surface area (Å²) in [5.74, 6) is 0.699. The molecule has 1 aromatic heterocycles. The van der Waals surface area contributed by atoms with Gasteiger partial charge in [-0.15, -0.1) is 0 Å². The largest absolute Gasteiger partial charge is 0.454 e. The van der Waals surface area contributed by atoms with Crippen LogP contribution in [-0.4, -0.2) is 9.91 Å². The Hall–Kier alpha value is -1.85. The fraction of sp³-hybridized carbons (Fsp3) is 0. The van der Waals surface area contributed by atoms with E-state index in [1.54, 1.807) is 6.07 Å². The van der Waals surface area contributed by atoms with E-state index >= 15 is 0 Å². The van der Waals surface area contributed by atoms with Crippen molar-refractivity contribution in [1.29, 1.82) is 0 Å². The van der Waals surface area contributed by atoms with E-state index in [-0.39, 0.29) is 10.7 Å². The molecule has 0 atom stereocenters. The third-order valence-electron chi connectivity index (χ3n) is 2.03. The summed E-state index contributed by atoms with van der Waals surface area (Å²) in [6.07, 6.45) is 2.93. The van der Waals surface area contributed by atoms with E-state index in [2.05, 4.69) is 4.98 Å². The van der Waals surface area contributed by atoms with Crippen molar-refractivity contribution in [2.45, 2.75) is 0 Å². The standard InChI is InChI=1S/C11H6Cl2N2O3/c12-7-3-9(6-14-5-7)18-11-2-1-8(15(16)17)4-10(11)13/h1-6H. The maximum atomic E-state index is 10.5. The van der Waals surface area contributed by atoms with Gasteiger partial charge in [-0.3, -0.25) is 15.1 Å². The summed E-state index contributed by atoms with van der Waals surface area (Å²) < 4.78 is 5.42. The van der Waals surface area contributed by atoms with Gasteiger partial charge in [0, 0.05) is 24.4 Å². The monoisotopic (exact) mass is 284 g/mol. The molecule has 0 spiro atoms. The molecule has 0 fully saturated rings. The number of halogens is 2. The number of rotatable bonds is 3. The molecular weight excluding hydrogens is 279 g/mol. The fourth-order valence-electron chi connectivity index (χ4n) is 1.26. The Morgan fingerprint density at radius 3 is 2.61 bits per heavy atom. The van der Waals surface area contributed by atoms with Gasteiger partial charge in [-0.2, -0.15) is 0 Å². The van der Waals surface area contributed by atoms with Gasteiger partial charge < -0.3 is 4.74 Å². The van der Waals surface area contributed by atoms with Gasteiger partial charge in [0.25, 0.3) is 5.69 Å². The van der Waals surface area contributed by atoms with Crippen molar-refractivity contribution in [2.75, 3.05) is 0 Å². The summed E-state index contributed by atoms with van der Waals surface area (Å²) in [7, 11) is 0. The number of benzene rings is 1. The third-order valence-corrected chi connectivity index (χ3v) is 2.54. The molecule has 1 heterocycles. The zero-order valence-corrected chi connectivity index (χ0v) is 10.4. The fourth-order valence-corrected chi connectivity index (χ4v) is 1.64. The summed E-state index contributed by atoms with van der Waals surface area (Å²) in [5, 5.41) is 11.1. The number of ether oxygens (including phenoxy) is 1. The lowest BCUT2D eigenvalue weighted by Gasteiger charge is -2.06. The van der Waals surface area contributed by atoms with E-state index in [4.69, 9.17) is 27.9 Å².